The Hall–Kier alpha value is -2.74. The Bertz CT molecular complexity index is 800. The van der Waals surface area contributed by atoms with Gasteiger partial charge in [0.1, 0.15) is 6.10 Å². The molecular weight excluding hydrogens is 360 g/mol. The maximum absolute atomic E-state index is 12.6. The lowest BCUT2D eigenvalue weighted by Crippen LogP contribution is -2.45. The van der Waals surface area contributed by atoms with Gasteiger partial charge in [-0.15, -0.1) is 0 Å². The summed E-state index contributed by atoms with van der Waals surface area (Å²) in [7, 11) is 0. The van der Waals surface area contributed by atoms with Crippen LogP contribution in [0.1, 0.15) is 18.4 Å². The van der Waals surface area contributed by atoms with E-state index in [9.17, 15) is 14.9 Å². The topological polar surface area (TPSA) is 98.5 Å². The van der Waals surface area contributed by atoms with Crippen LogP contribution in [-0.2, 0) is 11.2 Å². The van der Waals surface area contributed by atoms with Gasteiger partial charge in [0.05, 0.1) is 35.3 Å². The van der Waals surface area contributed by atoms with Gasteiger partial charge in [0.25, 0.3) is 5.69 Å². The van der Waals surface area contributed by atoms with E-state index in [-0.39, 0.29) is 30.1 Å². The highest BCUT2D eigenvalue weighted by atomic mass is 35.5. The molecule has 3 rings (SSSR count). The summed E-state index contributed by atoms with van der Waals surface area (Å²) in [6, 6.07) is 6.50. The van der Waals surface area contributed by atoms with Gasteiger partial charge in [0.15, 0.2) is 0 Å². The molecule has 1 unspecified atom stereocenters. The molecule has 0 saturated carbocycles. The highest BCUT2D eigenvalue weighted by Crippen LogP contribution is 2.21. The minimum atomic E-state index is -0.470. The second kappa shape index (κ2) is 8.09. The Balaban J connectivity index is 1.63. The van der Waals surface area contributed by atoms with Gasteiger partial charge in [-0.1, -0.05) is 29.8 Å². The molecule has 0 bridgehead atoms. The molecule has 2 heterocycles. The van der Waals surface area contributed by atoms with Crippen LogP contribution in [-0.4, -0.2) is 44.9 Å². The number of benzene rings is 1. The minimum Gasteiger partial charge on any atom is -0.458 e. The number of rotatable bonds is 5. The highest BCUT2D eigenvalue weighted by molar-refractivity contribution is 6.30. The predicted molar refractivity (Wildman–Crippen MR) is 94.1 cm³/mol. The van der Waals surface area contributed by atoms with Crippen molar-refractivity contribution in [3.8, 4) is 6.01 Å². The molecule has 0 aliphatic carbocycles. The van der Waals surface area contributed by atoms with Crippen molar-refractivity contribution in [2.75, 3.05) is 13.1 Å². The van der Waals surface area contributed by atoms with Crippen molar-refractivity contribution in [1.82, 2.24) is 14.9 Å². The molecule has 1 atom stereocenters. The summed E-state index contributed by atoms with van der Waals surface area (Å²) in [4.78, 5) is 32.9. The molecule has 0 N–H and O–H groups in total. The number of nitro benzene ring substituents is 1. The van der Waals surface area contributed by atoms with E-state index in [1.165, 1.54) is 18.5 Å². The lowest BCUT2D eigenvalue weighted by atomic mass is 10.1. The summed E-state index contributed by atoms with van der Waals surface area (Å²) in [5.74, 6) is -0.162. The van der Waals surface area contributed by atoms with Crippen LogP contribution in [0, 0.1) is 10.1 Å². The van der Waals surface area contributed by atoms with Crippen molar-refractivity contribution in [3.05, 3.63) is 57.4 Å². The molecule has 1 aromatic heterocycles. The average Bonchev–Trinajstić information content (AvgIpc) is 2.64. The van der Waals surface area contributed by atoms with Crippen molar-refractivity contribution in [3.63, 3.8) is 0 Å². The minimum absolute atomic E-state index is 0.0126. The van der Waals surface area contributed by atoms with Gasteiger partial charge in [-0.05, 0) is 12.8 Å². The van der Waals surface area contributed by atoms with E-state index in [2.05, 4.69) is 9.97 Å². The Morgan fingerprint density at radius 3 is 2.81 bits per heavy atom. The van der Waals surface area contributed by atoms with Crippen LogP contribution < -0.4 is 4.74 Å². The fraction of sp³-hybridized carbons (Fsp3) is 0.353. The van der Waals surface area contributed by atoms with Crippen LogP contribution >= 0.6 is 11.6 Å². The molecule has 0 spiro atoms. The second-order valence-corrected chi connectivity index (χ2v) is 6.40. The smallest absolute Gasteiger partial charge is 0.316 e. The first kappa shape index (κ1) is 18.1. The summed E-state index contributed by atoms with van der Waals surface area (Å²) < 4.78 is 5.72. The SMILES string of the molecule is O=C(Cc1ccccc1[N+](=O)[O-])N1CCCC(Oc2ncc(Cl)cn2)C1. The Morgan fingerprint density at radius 1 is 1.35 bits per heavy atom. The lowest BCUT2D eigenvalue weighted by Gasteiger charge is -2.32. The van der Waals surface area contributed by atoms with Crippen molar-refractivity contribution < 1.29 is 14.5 Å². The number of carbonyl (C=O) groups is 1. The summed E-state index contributed by atoms with van der Waals surface area (Å²) in [5, 5.41) is 11.5. The summed E-state index contributed by atoms with van der Waals surface area (Å²) in [6.45, 7) is 0.992. The molecular formula is C17H17ClN4O4. The van der Waals surface area contributed by atoms with Gasteiger partial charge in [-0.3, -0.25) is 14.9 Å². The van der Waals surface area contributed by atoms with E-state index in [1.807, 2.05) is 0 Å². The Morgan fingerprint density at radius 2 is 2.08 bits per heavy atom. The van der Waals surface area contributed by atoms with E-state index in [0.29, 0.717) is 23.7 Å². The number of hydrogen-bond donors (Lipinski definition) is 0. The van der Waals surface area contributed by atoms with Crippen LogP contribution in [0.4, 0.5) is 5.69 Å². The number of nitrogens with zero attached hydrogens (tertiary/aromatic N) is 4. The van der Waals surface area contributed by atoms with E-state index in [1.54, 1.807) is 23.1 Å². The third-order valence-corrected chi connectivity index (χ3v) is 4.32. The average molecular weight is 377 g/mol. The number of para-hydroxylation sites is 1. The summed E-state index contributed by atoms with van der Waals surface area (Å²) >= 11 is 5.75. The van der Waals surface area contributed by atoms with Gasteiger partial charge >= 0.3 is 6.01 Å². The van der Waals surface area contributed by atoms with Gasteiger partial charge in [0, 0.05) is 18.2 Å². The number of nitro groups is 1. The van der Waals surface area contributed by atoms with Crippen LogP contribution in [0.5, 0.6) is 6.01 Å². The molecule has 1 aliphatic heterocycles. The maximum atomic E-state index is 12.6. The number of likely N-dealkylation sites (tertiary alicyclic amines) is 1. The van der Waals surface area contributed by atoms with E-state index >= 15 is 0 Å². The maximum Gasteiger partial charge on any atom is 0.316 e. The van der Waals surface area contributed by atoms with Gasteiger partial charge in [-0.2, -0.15) is 0 Å². The number of aromatic nitrogens is 2. The molecule has 2 aromatic rings. The molecule has 1 saturated heterocycles. The third kappa shape index (κ3) is 4.45. The molecule has 1 amide bonds. The first-order chi connectivity index (χ1) is 12.5. The number of hydrogen-bond acceptors (Lipinski definition) is 6. The monoisotopic (exact) mass is 376 g/mol. The zero-order chi connectivity index (χ0) is 18.5. The van der Waals surface area contributed by atoms with Crippen molar-refractivity contribution in [2.45, 2.75) is 25.4 Å². The number of carbonyl (C=O) groups excluding carboxylic acids is 1. The molecule has 1 fully saturated rings. The molecule has 26 heavy (non-hydrogen) atoms. The largest absolute Gasteiger partial charge is 0.458 e. The van der Waals surface area contributed by atoms with Gasteiger partial charge < -0.3 is 9.64 Å². The fourth-order valence-corrected chi connectivity index (χ4v) is 2.98. The van der Waals surface area contributed by atoms with Crippen molar-refractivity contribution in [1.29, 1.82) is 0 Å². The number of piperidine rings is 1. The first-order valence-corrected chi connectivity index (χ1v) is 8.55. The zero-order valence-corrected chi connectivity index (χ0v) is 14.6. The van der Waals surface area contributed by atoms with Crippen LogP contribution in [0.15, 0.2) is 36.7 Å². The quantitative estimate of drug-likeness (QED) is 0.587. The van der Waals surface area contributed by atoms with E-state index in [4.69, 9.17) is 16.3 Å². The van der Waals surface area contributed by atoms with E-state index in [0.717, 1.165) is 12.8 Å². The second-order valence-electron chi connectivity index (χ2n) is 5.97. The number of halogens is 1. The molecule has 9 heteroatoms. The highest BCUT2D eigenvalue weighted by Gasteiger charge is 2.27. The zero-order valence-electron chi connectivity index (χ0n) is 13.9. The molecule has 0 radical (unpaired) electrons. The fourth-order valence-electron chi connectivity index (χ4n) is 2.88. The van der Waals surface area contributed by atoms with Crippen LogP contribution in [0.3, 0.4) is 0 Å². The molecule has 1 aromatic carbocycles. The molecule has 1 aliphatic rings. The number of amides is 1. The summed E-state index contributed by atoms with van der Waals surface area (Å²) in [6.07, 6.45) is 4.22. The van der Waals surface area contributed by atoms with Gasteiger partial charge in [0.2, 0.25) is 5.91 Å². The number of ether oxygens (including phenoxy) is 1. The third-order valence-electron chi connectivity index (χ3n) is 4.13. The van der Waals surface area contributed by atoms with Crippen molar-refractivity contribution >= 4 is 23.2 Å². The van der Waals surface area contributed by atoms with Crippen LogP contribution in [0.2, 0.25) is 5.02 Å². The van der Waals surface area contributed by atoms with Crippen LogP contribution in [0.25, 0.3) is 0 Å². The normalized spacial score (nSPS) is 17.0. The van der Waals surface area contributed by atoms with E-state index < -0.39 is 4.92 Å². The predicted octanol–water partition coefficient (Wildman–Crippen LogP) is 2.65. The van der Waals surface area contributed by atoms with Crippen molar-refractivity contribution in [2.24, 2.45) is 0 Å². The molecule has 136 valence electrons. The van der Waals surface area contributed by atoms with Gasteiger partial charge in [-0.25, -0.2) is 9.97 Å². The Kier molecular flexibility index (Phi) is 5.62. The lowest BCUT2D eigenvalue weighted by molar-refractivity contribution is -0.385. The Labute approximate surface area is 154 Å². The first-order valence-electron chi connectivity index (χ1n) is 8.17. The molecule has 8 nitrogen and oxygen atoms in total. The standard InChI is InChI=1S/C17H17ClN4O4/c18-13-9-19-17(20-10-13)26-14-5-3-7-21(11-14)16(23)8-12-4-1-2-6-15(12)22(24)25/h1-2,4,6,9-10,14H,3,5,7-8,11H2. The summed E-state index contributed by atoms with van der Waals surface area (Å²) in [5.41, 5.74) is 0.367.